The predicted molar refractivity (Wildman–Crippen MR) is 102 cm³/mol. The average Bonchev–Trinajstić information content (AvgIpc) is 3.12. The van der Waals surface area contributed by atoms with Crippen LogP contribution >= 0.6 is 0 Å². The van der Waals surface area contributed by atoms with Gasteiger partial charge in [-0.25, -0.2) is 4.98 Å². The highest BCUT2D eigenvalue weighted by molar-refractivity contribution is 6.07. The number of methoxy groups -OCH3 is 1. The minimum absolute atomic E-state index is 0.0401. The molecule has 0 atom stereocenters. The number of rotatable bonds is 7. The molecule has 0 bridgehead atoms. The average molecular weight is 382 g/mol. The number of phenols is 1. The molecule has 0 spiro atoms. The lowest BCUT2D eigenvalue weighted by molar-refractivity contribution is -0.384. The molecule has 9 nitrogen and oxygen atoms in total. The van der Waals surface area contributed by atoms with Crippen molar-refractivity contribution in [2.45, 2.75) is 6.54 Å². The smallest absolute Gasteiger partial charge is 0.293 e. The number of aryl methyl sites for hydroxylation is 1. The number of phenolic OH excluding ortho intramolecular Hbond substituents is 1. The van der Waals surface area contributed by atoms with E-state index < -0.39 is 10.7 Å². The molecular formula is C19H18N4O5. The van der Waals surface area contributed by atoms with E-state index in [4.69, 9.17) is 4.74 Å². The number of hydrogen-bond donors (Lipinski definition) is 2. The fraction of sp³-hybridized carbons (Fsp3) is 0.158. The van der Waals surface area contributed by atoms with Gasteiger partial charge in [0.2, 0.25) is 5.78 Å². The second-order valence-electron chi connectivity index (χ2n) is 6.00. The number of anilines is 1. The van der Waals surface area contributed by atoms with Crippen LogP contribution in [-0.4, -0.2) is 32.5 Å². The third-order valence-electron chi connectivity index (χ3n) is 4.25. The van der Waals surface area contributed by atoms with Crippen molar-refractivity contribution in [3.8, 4) is 11.5 Å². The highest BCUT2D eigenvalue weighted by Crippen LogP contribution is 2.31. The van der Waals surface area contributed by atoms with Crippen molar-refractivity contribution in [1.29, 1.82) is 0 Å². The molecule has 2 N–H and O–H groups in total. The molecule has 1 aromatic heterocycles. The van der Waals surface area contributed by atoms with Gasteiger partial charge in [0.25, 0.3) is 5.69 Å². The van der Waals surface area contributed by atoms with Crippen molar-refractivity contribution in [2.24, 2.45) is 7.05 Å². The molecule has 1 heterocycles. The van der Waals surface area contributed by atoms with Crippen molar-refractivity contribution in [1.82, 2.24) is 9.55 Å². The summed E-state index contributed by atoms with van der Waals surface area (Å²) in [5.74, 6) is 0.0513. The molecule has 3 aromatic rings. The number of nitrogens with zero attached hydrogens (tertiary/aromatic N) is 3. The van der Waals surface area contributed by atoms with Crippen LogP contribution in [0.2, 0.25) is 0 Å². The van der Waals surface area contributed by atoms with Crippen molar-refractivity contribution < 1.29 is 19.6 Å². The minimum atomic E-state index is -0.566. The number of carbonyl (C=O) groups is 1. The number of aromatic hydroxyl groups is 1. The third kappa shape index (κ3) is 3.63. The van der Waals surface area contributed by atoms with E-state index in [0.29, 0.717) is 11.3 Å². The molecule has 0 saturated heterocycles. The van der Waals surface area contributed by atoms with Gasteiger partial charge in [0.05, 0.1) is 12.0 Å². The van der Waals surface area contributed by atoms with E-state index in [-0.39, 0.29) is 35.1 Å². The van der Waals surface area contributed by atoms with Gasteiger partial charge in [0, 0.05) is 43.2 Å². The van der Waals surface area contributed by atoms with Gasteiger partial charge in [-0.2, -0.15) is 0 Å². The monoisotopic (exact) mass is 382 g/mol. The summed E-state index contributed by atoms with van der Waals surface area (Å²) in [6.07, 6.45) is 3.11. The zero-order valence-electron chi connectivity index (χ0n) is 15.2. The standard InChI is InChI=1S/C19H18N4O5/c1-22-9-8-20-19(22)18(25)12-6-7-14(15(10-12)23(26)27)21-11-13-4-3-5-16(28-2)17(13)24/h3-10,21,24H,11H2,1-2H3. The number of ketones is 1. The second-order valence-corrected chi connectivity index (χ2v) is 6.00. The maximum absolute atomic E-state index is 12.5. The highest BCUT2D eigenvalue weighted by Gasteiger charge is 2.21. The maximum atomic E-state index is 12.5. The lowest BCUT2D eigenvalue weighted by Gasteiger charge is -2.11. The van der Waals surface area contributed by atoms with Crippen LogP contribution in [0.25, 0.3) is 0 Å². The van der Waals surface area contributed by atoms with Crippen molar-refractivity contribution in [3.63, 3.8) is 0 Å². The number of aromatic nitrogens is 2. The Morgan fingerprint density at radius 2 is 2.14 bits per heavy atom. The molecule has 144 valence electrons. The predicted octanol–water partition coefficient (Wildman–Crippen LogP) is 2.89. The van der Waals surface area contributed by atoms with Gasteiger partial charge in [0.1, 0.15) is 5.69 Å². The third-order valence-corrected chi connectivity index (χ3v) is 4.25. The van der Waals surface area contributed by atoms with Crippen LogP contribution < -0.4 is 10.1 Å². The van der Waals surface area contributed by atoms with E-state index in [1.807, 2.05) is 0 Å². The number of carbonyl (C=O) groups excluding carboxylic acids is 1. The first-order valence-corrected chi connectivity index (χ1v) is 8.31. The molecule has 28 heavy (non-hydrogen) atoms. The van der Waals surface area contributed by atoms with Crippen molar-refractivity contribution in [2.75, 3.05) is 12.4 Å². The van der Waals surface area contributed by atoms with E-state index in [0.717, 1.165) is 0 Å². The summed E-state index contributed by atoms with van der Waals surface area (Å²) in [6.45, 7) is 0.135. The Kier molecular flexibility index (Phi) is 5.25. The molecule has 3 rings (SSSR count). The zero-order valence-corrected chi connectivity index (χ0v) is 15.2. The summed E-state index contributed by atoms with van der Waals surface area (Å²) in [6, 6.07) is 9.17. The number of nitro groups is 1. The summed E-state index contributed by atoms with van der Waals surface area (Å²) < 4.78 is 6.60. The first-order valence-electron chi connectivity index (χ1n) is 8.31. The lowest BCUT2D eigenvalue weighted by Crippen LogP contribution is -2.10. The lowest BCUT2D eigenvalue weighted by atomic mass is 10.1. The molecule has 0 aliphatic heterocycles. The Balaban J connectivity index is 1.87. The highest BCUT2D eigenvalue weighted by atomic mass is 16.6. The van der Waals surface area contributed by atoms with E-state index >= 15 is 0 Å². The normalized spacial score (nSPS) is 10.5. The number of benzene rings is 2. The fourth-order valence-electron chi connectivity index (χ4n) is 2.75. The Morgan fingerprint density at radius 1 is 1.36 bits per heavy atom. The summed E-state index contributed by atoms with van der Waals surface area (Å²) in [7, 11) is 3.11. The van der Waals surface area contributed by atoms with Gasteiger partial charge in [-0.3, -0.25) is 14.9 Å². The van der Waals surface area contributed by atoms with E-state index in [2.05, 4.69) is 10.3 Å². The molecule has 0 unspecified atom stereocenters. The van der Waals surface area contributed by atoms with Crippen LogP contribution in [0.15, 0.2) is 48.8 Å². The molecule has 0 aliphatic rings. The number of hydrogen-bond acceptors (Lipinski definition) is 7. The van der Waals surface area contributed by atoms with Gasteiger partial charge < -0.3 is 19.7 Å². The van der Waals surface area contributed by atoms with Gasteiger partial charge >= 0.3 is 0 Å². The van der Waals surface area contributed by atoms with E-state index in [1.165, 1.54) is 31.5 Å². The second kappa shape index (κ2) is 7.78. The Bertz CT molecular complexity index is 1040. The van der Waals surface area contributed by atoms with Gasteiger partial charge in [-0.15, -0.1) is 0 Å². The maximum Gasteiger partial charge on any atom is 0.293 e. The molecular weight excluding hydrogens is 364 g/mol. The van der Waals surface area contributed by atoms with Gasteiger partial charge in [-0.05, 0) is 18.2 Å². The topological polar surface area (TPSA) is 120 Å². The van der Waals surface area contributed by atoms with Crippen LogP contribution in [0, 0.1) is 10.1 Å². The molecule has 0 fully saturated rings. The fourth-order valence-corrected chi connectivity index (χ4v) is 2.75. The summed E-state index contributed by atoms with van der Waals surface area (Å²) >= 11 is 0. The Hall–Kier alpha value is -3.88. The number of imidazole rings is 1. The summed E-state index contributed by atoms with van der Waals surface area (Å²) in [4.78, 5) is 27.4. The van der Waals surface area contributed by atoms with Crippen LogP contribution in [-0.2, 0) is 13.6 Å². The number of para-hydroxylation sites is 1. The quantitative estimate of drug-likeness (QED) is 0.366. The summed E-state index contributed by atoms with van der Waals surface area (Å²) in [5.41, 5.74) is 0.656. The van der Waals surface area contributed by atoms with Gasteiger partial charge in [-0.1, -0.05) is 12.1 Å². The SMILES string of the molecule is COc1cccc(CNc2ccc(C(=O)c3nccn3C)cc2[N+](=O)[O-])c1O. The first kappa shape index (κ1) is 18.9. The molecule has 0 aliphatic carbocycles. The first-order chi connectivity index (χ1) is 13.4. The summed E-state index contributed by atoms with van der Waals surface area (Å²) in [5, 5.41) is 24.6. The molecule has 0 radical (unpaired) electrons. The van der Waals surface area contributed by atoms with Crippen LogP contribution in [0.5, 0.6) is 11.5 Å². The zero-order chi connectivity index (χ0) is 20.3. The van der Waals surface area contributed by atoms with Crippen LogP contribution in [0.4, 0.5) is 11.4 Å². The van der Waals surface area contributed by atoms with E-state index in [1.54, 1.807) is 36.0 Å². The van der Waals surface area contributed by atoms with Gasteiger partial charge in [0.15, 0.2) is 17.3 Å². The molecule has 9 heteroatoms. The van der Waals surface area contributed by atoms with Crippen molar-refractivity contribution in [3.05, 3.63) is 75.9 Å². The number of ether oxygens (including phenoxy) is 1. The largest absolute Gasteiger partial charge is 0.504 e. The van der Waals surface area contributed by atoms with Crippen LogP contribution in [0.3, 0.4) is 0 Å². The Morgan fingerprint density at radius 3 is 2.79 bits per heavy atom. The molecule has 0 saturated carbocycles. The number of nitro benzene ring substituents is 1. The molecule has 2 aromatic carbocycles. The van der Waals surface area contributed by atoms with Crippen molar-refractivity contribution >= 4 is 17.2 Å². The van der Waals surface area contributed by atoms with E-state index in [9.17, 15) is 20.0 Å². The molecule has 0 amide bonds. The van der Waals surface area contributed by atoms with Crippen LogP contribution in [0.1, 0.15) is 21.7 Å². The minimum Gasteiger partial charge on any atom is -0.504 e. The Labute approximate surface area is 160 Å². The number of nitrogens with one attached hydrogen (secondary N) is 1.